The van der Waals surface area contributed by atoms with E-state index in [2.05, 4.69) is 16.9 Å². The summed E-state index contributed by atoms with van der Waals surface area (Å²) >= 11 is 0. The Morgan fingerprint density at radius 3 is 2.72 bits per heavy atom. The molecule has 1 fully saturated rings. The molecule has 0 saturated carbocycles. The first-order valence-corrected chi connectivity index (χ1v) is 6.60. The number of hydrogen-bond acceptors (Lipinski definition) is 3. The summed E-state index contributed by atoms with van der Waals surface area (Å²) in [6, 6.07) is -0.0198. The van der Waals surface area contributed by atoms with Crippen LogP contribution in [0.15, 0.2) is 6.20 Å². The van der Waals surface area contributed by atoms with Crippen LogP contribution in [-0.4, -0.2) is 38.8 Å². The third-order valence-corrected chi connectivity index (χ3v) is 3.58. The summed E-state index contributed by atoms with van der Waals surface area (Å²) in [5, 5.41) is 13.5. The van der Waals surface area contributed by atoms with E-state index in [-0.39, 0.29) is 12.5 Å². The predicted octanol–water partition coefficient (Wildman–Crippen LogP) is 1.59. The molecule has 1 saturated heterocycles. The second-order valence-electron chi connectivity index (χ2n) is 4.92. The zero-order valence-corrected chi connectivity index (χ0v) is 11.1. The standard InChI is InChI=1S/C13H21N3O2/c1-3-11-10(9-15(2)14-11)12(8-13(17)18)16-6-4-5-7-16/h9,12H,3-8H2,1-2H3,(H,17,18). The summed E-state index contributed by atoms with van der Waals surface area (Å²) in [5.41, 5.74) is 2.11. The molecule has 0 aromatic carbocycles. The first-order valence-electron chi connectivity index (χ1n) is 6.60. The second kappa shape index (κ2) is 5.52. The third-order valence-electron chi connectivity index (χ3n) is 3.58. The molecule has 0 spiro atoms. The summed E-state index contributed by atoms with van der Waals surface area (Å²) in [7, 11) is 1.89. The Kier molecular flexibility index (Phi) is 4.01. The molecule has 0 bridgehead atoms. The summed E-state index contributed by atoms with van der Waals surface area (Å²) in [5.74, 6) is -0.738. The van der Waals surface area contributed by atoms with Crippen molar-refractivity contribution >= 4 is 5.97 Å². The van der Waals surface area contributed by atoms with Crippen molar-refractivity contribution in [1.29, 1.82) is 0 Å². The highest BCUT2D eigenvalue weighted by Crippen LogP contribution is 2.30. The molecule has 5 heteroatoms. The van der Waals surface area contributed by atoms with Crippen molar-refractivity contribution in [3.05, 3.63) is 17.5 Å². The zero-order chi connectivity index (χ0) is 13.1. The molecule has 0 radical (unpaired) electrons. The lowest BCUT2D eigenvalue weighted by Gasteiger charge is -2.26. The quantitative estimate of drug-likeness (QED) is 0.863. The van der Waals surface area contributed by atoms with Gasteiger partial charge in [0.1, 0.15) is 0 Å². The second-order valence-corrected chi connectivity index (χ2v) is 4.92. The van der Waals surface area contributed by atoms with Crippen LogP contribution in [0.2, 0.25) is 0 Å². The maximum Gasteiger partial charge on any atom is 0.305 e. The van der Waals surface area contributed by atoms with Gasteiger partial charge in [-0.05, 0) is 32.4 Å². The van der Waals surface area contributed by atoms with Gasteiger partial charge in [0, 0.05) is 24.8 Å². The number of carboxylic acid groups (broad SMARTS) is 1. The van der Waals surface area contributed by atoms with E-state index in [1.165, 1.54) is 0 Å². The van der Waals surface area contributed by atoms with Crippen molar-refractivity contribution in [2.45, 2.75) is 38.6 Å². The first-order chi connectivity index (χ1) is 8.61. The van der Waals surface area contributed by atoms with Gasteiger partial charge in [0.05, 0.1) is 12.1 Å². The SMILES string of the molecule is CCc1nn(C)cc1C(CC(=O)O)N1CCCC1. The lowest BCUT2D eigenvalue weighted by atomic mass is 10.0. The fourth-order valence-corrected chi connectivity index (χ4v) is 2.76. The number of rotatable bonds is 5. The number of hydrogen-bond donors (Lipinski definition) is 1. The van der Waals surface area contributed by atoms with Crippen LogP contribution in [0.1, 0.15) is 43.5 Å². The van der Waals surface area contributed by atoms with Gasteiger partial charge in [0.15, 0.2) is 0 Å². The molecule has 1 aromatic rings. The van der Waals surface area contributed by atoms with Crippen LogP contribution in [-0.2, 0) is 18.3 Å². The minimum atomic E-state index is -0.738. The Morgan fingerprint density at radius 2 is 2.17 bits per heavy atom. The smallest absolute Gasteiger partial charge is 0.305 e. The van der Waals surface area contributed by atoms with E-state index < -0.39 is 5.97 Å². The minimum Gasteiger partial charge on any atom is -0.481 e. The van der Waals surface area contributed by atoms with Crippen molar-refractivity contribution in [2.75, 3.05) is 13.1 Å². The van der Waals surface area contributed by atoms with Gasteiger partial charge in [-0.15, -0.1) is 0 Å². The van der Waals surface area contributed by atoms with E-state index in [4.69, 9.17) is 5.11 Å². The van der Waals surface area contributed by atoms with E-state index in [0.29, 0.717) is 0 Å². The molecule has 1 aliphatic rings. The van der Waals surface area contributed by atoms with Gasteiger partial charge >= 0.3 is 5.97 Å². The summed E-state index contributed by atoms with van der Waals surface area (Å²) in [6.07, 6.45) is 5.32. The molecule has 2 heterocycles. The Balaban J connectivity index is 2.28. The summed E-state index contributed by atoms with van der Waals surface area (Å²) in [6.45, 7) is 4.06. The van der Waals surface area contributed by atoms with Gasteiger partial charge in [-0.3, -0.25) is 14.4 Å². The molecular formula is C13H21N3O2. The van der Waals surface area contributed by atoms with Crippen LogP contribution in [0.4, 0.5) is 0 Å². The Labute approximate surface area is 107 Å². The van der Waals surface area contributed by atoms with Crippen molar-refractivity contribution in [3.63, 3.8) is 0 Å². The molecule has 18 heavy (non-hydrogen) atoms. The average Bonchev–Trinajstić information content (AvgIpc) is 2.94. The number of nitrogens with zero attached hydrogens (tertiary/aromatic N) is 3. The van der Waals surface area contributed by atoms with E-state index in [0.717, 1.165) is 43.6 Å². The largest absolute Gasteiger partial charge is 0.481 e. The maximum absolute atomic E-state index is 11.1. The zero-order valence-electron chi connectivity index (χ0n) is 11.1. The van der Waals surface area contributed by atoms with Crippen LogP contribution in [0, 0.1) is 0 Å². The molecular weight excluding hydrogens is 230 g/mol. The monoisotopic (exact) mass is 251 g/mol. The van der Waals surface area contributed by atoms with Gasteiger partial charge in [0.25, 0.3) is 0 Å². The van der Waals surface area contributed by atoms with Gasteiger partial charge < -0.3 is 5.11 Å². The molecule has 0 aliphatic carbocycles. The van der Waals surface area contributed by atoms with Crippen LogP contribution in [0.3, 0.4) is 0 Å². The first kappa shape index (κ1) is 13.1. The van der Waals surface area contributed by atoms with Crippen LogP contribution in [0.25, 0.3) is 0 Å². The number of carbonyl (C=O) groups is 1. The molecule has 1 unspecified atom stereocenters. The van der Waals surface area contributed by atoms with Gasteiger partial charge in [-0.25, -0.2) is 0 Å². The lowest BCUT2D eigenvalue weighted by molar-refractivity contribution is -0.138. The number of carboxylic acids is 1. The van der Waals surface area contributed by atoms with E-state index in [9.17, 15) is 4.79 Å². The molecule has 1 aliphatic heterocycles. The Bertz CT molecular complexity index is 422. The third kappa shape index (κ3) is 2.72. The Morgan fingerprint density at radius 1 is 1.50 bits per heavy atom. The highest BCUT2D eigenvalue weighted by atomic mass is 16.4. The summed E-state index contributed by atoms with van der Waals surface area (Å²) in [4.78, 5) is 13.4. The van der Waals surface area contributed by atoms with Crippen molar-refractivity contribution in [3.8, 4) is 0 Å². The van der Waals surface area contributed by atoms with E-state index in [1.807, 2.05) is 13.2 Å². The van der Waals surface area contributed by atoms with Gasteiger partial charge in [0.2, 0.25) is 0 Å². The summed E-state index contributed by atoms with van der Waals surface area (Å²) < 4.78 is 1.79. The predicted molar refractivity (Wildman–Crippen MR) is 68.4 cm³/mol. The minimum absolute atomic E-state index is 0.0198. The Hall–Kier alpha value is -1.36. The van der Waals surface area contributed by atoms with E-state index >= 15 is 0 Å². The normalized spacial score (nSPS) is 18.1. The molecule has 1 N–H and O–H groups in total. The van der Waals surface area contributed by atoms with Crippen molar-refractivity contribution in [1.82, 2.24) is 14.7 Å². The molecule has 1 atom stereocenters. The van der Waals surface area contributed by atoms with Gasteiger partial charge in [-0.1, -0.05) is 6.92 Å². The number of aliphatic carboxylic acids is 1. The maximum atomic E-state index is 11.1. The average molecular weight is 251 g/mol. The van der Waals surface area contributed by atoms with Crippen molar-refractivity contribution < 1.29 is 9.90 Å². The van der Waals surface area contributed by atoms with Crippen molar-refractivity contribution in [2.24, 2.45) is 7.05 Å². The molecule has 1 aromatic heterocycles. The number of likely N-dealkylation sites (tertiary alicyclic amines) is 1. The molecule has 2 rings (SSSR count). The van der Waals surface area contributed by atoms with E-state index in [1.54, 1.807) is 4.68 Å². The fraction of sp³-hybridized carbons (Fsp3) is 0.692. The fourth-order valence-electron chi connectivity index (χ4n) is 2.76. The molecule has 100 valence electrons. The van der Waals surface area contributed by atoms with Crippen LogP contribution < -0.4 is 0 Å². The number of aryl methyl sites for hydroxylation is 2. The number of aromatic nitrogens is 2. The molecule has 0 amide bonds. The van der Waals surface area contributed by atoms with Gasteiger partial charge in [-0.2, -0.15) is 5.10 Å². The van der Waals surface area contributed by atoms with Crippen LogP contribution >= 0.6 is 0 Å². The topological polar surface area (TPSA) is 58.4 Å². The lowest BCUT2D eigenvalue weighted by Crippen LogP contribution is -2.28. The highest BCUT2D eigenvalue weighted by Gasteiger charge is 2.28. The van der Waals surface area contributed by atoms with Crippen LogP contribution in [0.5, 0.6) is 0 Å². The molecule has 5 nitrogen and oxygen atoms in total. The highest BCUT2D eigenvalue weighted by molar-refractivity contribution is 5.68.